The van der Waals surface area contributed by atoms with E-state index in [4.69, 9.17) is 17.3 Å². The summed E-state index contributed by atoms with van der Waals surface area (Å²) in [7, 11) is 9.36. The van der Waals surface area contributed by atoms with Gasteiger partial charge in [0.1, 0.15) is 14.5 Å². The van der Waals surface area contributed by atoms with Crippen molar-refractivity contribution in [1.29, 1.82) is 0 Å². The predicted octanol–water partition coefficient (Wildman–Crippen LogP) is 3.79. The number of hydrogen-bond donors (Lipinski definition) is 0. The van der Waals surface area contributed by atoms with Gasteiger partial charge in [-0.25, -0.2) is 9.59 Å². The van der Waals surface area contributed by atoms with Gasteiger partial charge in [0.15, 0.2) is 0 Å². The van der Waals surface area contributed by atoms with E-state index in [1.807, 2.05) is 43.3 Å². The van der Waals surface area contributed by atoms with Crippen LogP contribution in [0.3, 0.4) is 0 Å². The van der Waals surface area contributed by atoms with Gasteiger partial charge in [-0.15, -0.1) is 0 Å². The second kappa shape index (κ2) is 15.2. The number of ether oxygens (including phenoxy) is 2. The SMILES string of the molecule is CCCCCc1ccc(C(=O)OCCN(C)C)cc1.[B]c1ccc(C(=O)OCC)cc1. The molecule has 0 aliphatic heterocycles. The number of rotatable bonds is 10. The summed E-state index contributed by atoms with van der Waals surface area (Å²) in [6.07, 6.45) is 4.79. The van der Waals surface area contributed by atoms with Gasteiger partial charge in [-0.2, -0.15) is 0 Å². The molecule has 2 radical (unpaired) electrons. The minimum Gasteiger partial charge on any atom is -0.462 e. The lowest BCUT2D eigenvalue weighted by molar-refractivity contribution is 0.0480. The molecule has 31 heavy (non-hydrogen) atoms. The van der Waals surface area contributed by atoms with Crippen LogP contribution in [0.5, 0.6) is 0 Å². The molecule has 0 spiro atoms. The molecule has 2 rings (SSSR count). The van der Waals surface area contributed by atoms with Crippen molar-refractivity contribution in [3.05, 3.63) is 65.2 Å². The Labute approximate surface area is 188 Å². The lowest BCUT2D eigenvalue weighted by Gasteiger charge is -2.10. The zero-order valence-corrected chi connectivity index (χ0v) is 19.2. The first kappa shape index (κ1) is 26.4. The first-order valence-electron chi connectivity index (χ1n) is 10.8. The monoisotopic (exact) mass is 423 g/mol. The van der Waals surface area contributed by atoms with Gasteiger partial charge in [-0.05, 0) is 63.7 Å². The van der Waals surface area contributed by atoms with Crippen molar-refractivity contribution in [2.24, 2.45) is 0 Å². The average Bonchev–Trinajstić information content (AvgIpc) is 2.75. The zero-order valence-electron chi connectivity index (χ0n) is 19.2. The highest BCUT2D eigenvalue weighted by Gasteiger charge is 2.07. The maximum atomic E-state index is 11.8. The van der Waals surface area contributed by atoms with Crippen LogP contribution in [0, 0.1) is 0 Å². The van der Waals surface area contributed by atoms with Crippen molar-refractivity contribution >= 4 is 25.2 Å². The molecule has 0 aromatic heterocycles. The van der Waals surface area contributed by atoms with Crippen LogP contribution in [0.25, 0.3) is 0 Å². The van der Waals surface area contributed by atoms with Crippen molar-refractivity contribution < 1.29 is 19.1 Å². The minimum atomic E-state index is -0.308. The maximum Gasteiger partial charge on any atom is 0.338 e. The Bertz CT molecular complexity index is 773. The average molecular weight is 423 g/mol. The van der Waals surface area contributed by atoms with Crippen molar-refractivity contribution in [3.8, 4) is 0 Å². The second-order valence-electron chi connectivity index (χ2n) is 7.44. The summed E-state index contributed by atoms with van der Waals surface area (Å²) in [6, 6.07) is 14.4. The molecule has 2 aromatic carbocycles. The van der Waals surface area contributed by atoms with E-state index in [-0.39, 0.29) is 11.9 Å². The molecule has 6 heteroatoms. The number of unbranched alkanes of at least 4 members (excludes halogenated alkanes) is 2. The summed E-state index contributed by atoms with van der Waals surface area (Å²) in [6.45, 7) is 5.55. The molecule has 0 bridgehead atoms. The molecular weight excluding hydrogens is 389 g/mol. The fourth-order valence-electron chi connectivity index (χ4n) is 2.62. The van der Waals surface area contributed by atoms with Gasteiger partial charge in [0.2, 0.25) is 0 Å². The highest BCUT2D eigenvalue weighted by Crippen LogP contribution is 2.10. The molecular formula is C25H34BNO4. The highest BCUT2D eigenvalue weighted by atomic mass is 16.5. The van der Waals surface area contributed by atoms with Crippen molar-refractivity contribution in [1.82, 2.24) is 4.90 Å². The summed E-state index contributed by atoms with van der Waals surface area (Å²) in [5.74, 6) is -0.542. The van der Waals surface area contributed by atoms with Crippen LogP contribution in [0.2, 0.25) is 0 Å². The number of likely N-dealkylation sites (N-methyl/N-ethyl adjacent to an activating group) is 1. The van der Waals surface area contributed by atoms with E-state index in [9.17, 15) is 9.59 Å². The van der Waals surface area contributed by atoms with Crippen LogP contribution in [0.1, 0.15) is 59.4 Å². The van der Waals surface area contributed by atoms with E-state index < -0.39 is 0 Å². The summed E-state index contributed by atoms with van der Waals surface area (Å²) in [5.41, 5.74) is 3.10. The van der Waals surface area contributed by atoms with Gasteiger partial charge < -0.3 is 14.4 Å². The highest BCUT2D eigenvalue weighted by molar-refractivity contribution is 6.32. The third kappa shape index (κ3) is 11.4. The number of aryl methyl sites for hydroxylation is 1. The predicted molar refractivity (Wildman–Crippen MR) is 126 cm³/mol. The summed E-state index contributed by atoms with van der Waals surface area (Å²) in [5, 5.41) is 0. The topological polar surface area (TPSA) is 55.8 Å². The van der Waals surface area contributed by atoms with Crippen LogP contribution < -0.4 is 5.46 Å². The smallest absolute Gasteiger partial charge is 0.338 e. The van der Waals surface area contributed by atoms with Crippen LogP contribution in [0.4, 0.5) is 0 Å². The van der Waals surface area contributed by atoms with Crippen LogP contribution in [-0.4, -0.2) is 58.5 Å². The molecule has 5 nitrogen and oxygen atoms in total. The number of esters is 2. The fourth-order valence-corrected chi connectivity index (χ4v) is 2.62. The lowest BCUT2D eigenvalue weighted by atomic mass is 9.95. The van der Waals surface area contributed by atoms with Crippen molar-refractivity contribution in [2.45, 2.75) is 39.5 Å². The lowest BCUT2D eigenvalue weighted by Crippen LogP contribution is -2.20. The Morgan fingerprint density at radius 2 is 1.39 bits per heavy atom. The quantitative estimate of drug-likeness (QED) is 0.331. The van der Waals surface area contributed by atoms with Crippen molar-refractivity contribution in [2.75, 3.05) is 33.9 Å². The molecule has 0 N–H and O–H groups in total. The maximum absolute atomic E-state index is 11.8. The molecule has 0 fully saturated rings. The first-order chi connectivity index (χ1) is 14.9. The molecule has 166 valence electrons. The van der Waals surface area contributed by atoms with E-state index in [2.05, 4.69) is 6.92 Å². The third-order valence-electron chi connectivity index (χ3n) is 4.45. The van der Waals surface area contributed by atoms with E-state index in [0.717, 1.165) is 13.0 Å². The molecule has 0 unspecified atom stereocenters. The minimum absolute atomic E-state index is 0.234. The molecule has 2 aromatic rings. The molecule has 0 amide bonds. The molecule has 0 aliphatic carbocycles. The van der Waals surface area contributed by atoms with E-state index >= 15 is 0 Å². The van der Waals surface area contributed by atoms with E-state index in [0.29, 0.717) is 29.8 Å². The van der Waals surface area contributed by atoms with Crippen molar-refractivity contribution in [3.63, 3.8) is 0 Å². The number of hydrogen-bond acceptors (Lipinski definition) is 5. The Morgan fingerprint density at radius 3 is 1.90 bits per heavy atom. The largest absolute Gasteiger partial charge is 0.462 e. The van der Waals surface area contributed by atoms with Crippen LogP contribution >= 0.6 is 0 Å². The standard InChI is InChI=1S/C16H25NO2.C9H9BO2/c1-4-5-6-7-14-8-10-15(11-9-14)16(18)19-13-12-17(2)3;1-2-12-9(11)7-3-5-8(10)6-4-7/h8-11H,4-7,12-13H2,1-3H3;3-6H,2H2,1H3. The molecule has 0 saturated carbocycles. The fraction of sp³-hybridized carbons (Fsp3) is 0.440. The third-order valence-corrected chi connectivity index (χ3v) is 4.45. The summed E-state index contributed by atoms with van der Waals surface area (Å²) >= 11 is 0. The normalized spacial score (nSPS) is 10.2. The van der Waals surface area contributed by atoms with Crippen LogP contribution in [0.15, 0.2) is 48.5 Å². The zero-order chi connectivity index (χ0) is 23.1. The molecule has 0 saturated heterocycles. The second-order valence-corrected chi connectivity index (χ2v) is 7.44. The van der Waals surface area contributed by atoms with Gasteiger partial charge in [0, 0.05) is 6.54 Å². The number of carbonyl (C=O) groups is 2. The molecule has 0 heterocycles. The number of nitrogens with zero attached hydrogens (tertiary/aromatic N) is 1. The number of benzene rings is 2. The van der Waals surface area contributed by atoms with Gasteiger partial charge in [0.05, 0.1) is 17.7 Å². The Hall–Kier alpha value is -2.60. The van der Waals surface area contributed by atoms with Crippen LogP contribution in [-0.2, 0) is 15.9 Å². The van der Waals surface area contributed by atoms with Gasteiger partial charge in [-0.3, -0.25) is 0 Å². The Morgan fingerprint density at radius 1 is 0.839 bits per heavy atom. The molecule has 0 aliphatic rings. The van der Waals surface area contributed by atoms with E-state index in [1.54, 1.807) is 31.2 Å². The molecule has 0 atom stereocenters. The van der Waals surface area contributed by atoms with Gasteiger partial charge in [0.25, 0.3) is 0 Å². The van der Waals surface area contributed by atoms with E-state index in [1.165, 1.54) is 24.8 Å². The Balaban J connectivity index is 0.000000343. The first-order valence-corrected chi connectivity index (χ1v) is 10.8. The summed E-state index contributed by atoms with van der Waals surface area (Å²) < 4.78 is 9.98. The Kier molecular flexibility index (Phi) is 13.0. The van der Waals surface area contributed by atoms with Gasteiger partial charge in [-0.1, -0.05) is 49.5 Å². The summed E-state index contributed by atoms with van der Waals surface area (Å²) in [4.78, 5) is 24.8. The number of carbonyl (C=O) groups excluding carboxylic acids is 2. The van der Waals surface area contributed by atoms with Gasteiger partial charge >= 0.3 is 11.9 Å².